The zero-order chi connectivity index (χ0) is 16.9. The molecule has 24 heavy (non-hydrogen) atoms. The molecule has 0 unspecified atom stereocenters. The minimum Gasteiger partial charge on any atom is -0.484 e. The Labute approximate surface area is 149 Å². The van der Waals surface area contributed by atoms with Crippen LogP contribution in [-0.2, 0) is 4.79 Å². The highest BCUT2D eigenvalue weighted by Crippen LogP contribution is 2.45. The van der Waals surface area contributed by atoms with E-state index in [9.17, 15) is 9.18 Å². The maximum atomic E-state index is 13.2. The van der Waals surface area contributed by atoms with E-state index < -0.39 is 0 Å². The fraction of sp³-hybridized carbons (Fsp3) is 0.278. The largest absolute Gasteiger partial charge is 0.484 e. The molecule has 1 amide bonds. The molecular weight excluding hydrogens is 345 g/mol. The van der Waals surface area contributed by atoms with Gasteiger partial charge in [0.15, 0.2) is 6.61 Å². The van der Waals surface area contributed by atoms with Crippen molar-refractivity contribution < 1.29 is 13.9 Å². The second-order valence-corrected chi connectivity index (χ2v) is 8.16. The molecule has 0 aliphatic carbocycles. The Morgan fingerprint density at radius 3 is 2.62 bits per heavy atom. The maximum absolute atomic E-state index is 13.2. The second-order valence-electron chi connectivity index (χ2n) is 5.44. The summed E-state index contributed by atoms with van der Waals surface area (Å²) >= 11 is 3.90. The summed E-state index contributed by atoms with van der Waals surface area (Å²) < 4.78 is 19.2. The average molecular weight is 363 g/mol. The van der Waals surface area contributed by atoms with Crippen LogP contribution in [0.2, 0.25) is 0 Å². The number of aryl methyl sites for hydroxylation is 1. The van der Waals surface area contributed by atoms with Crippen LogP contribution in [0.3, 0.4) is 0 Å². The van der Waals surface area contributed by atoms with E-state index in [1.807, 2.05) is 54.7 Å². The molecule has 126 valence electrons. The number of hydrogen-bond acceptors (Lipinski definition) is 4. The highest BCUT2D eigenvalue weighted by atomic mass is 32.2. The first-order valence-corrected chi connectivity index (χ1v) is 9.73. The van der Waals surface area contributed by atoms with E-state index in [2.05, 4.69) is 5.32 Å². The van der Waals surface area contributed by atoms with Crippen molar-refractivity contribution in [1.82, 2.24) is 0 Å². The van der Waals surface area contributed by atoms with Gasteiger partial charge in [0.2, 0.25) is 0 Å². The van der Waals surface area contributed by atoms with E-state index in [1.54, 1.807) is 6.07 Å². The summed E-state index contributed by atoms with van der Waals surface area (Å²) in [5, 5.41) is 2.67. The monoisotopic (exact) mass is 363 g/mol. The first-order valence-electron chi connectivity index (χ1n) is 7.64. The van der Waals surface area contributed by atoms with Gasteiger partial charge in [0.25, 0.3) is 5.91 Å². The summed E-state index contributed by atoms with van der Waals surface area (Å²) in [6, 6.07) is 12.2. The van der Waals surface area contributed by atoms with E-state index in [1.165, 1.54) is 29.2 Å². The molecule has 1 saturated heterocycles. The molecule has 3 rings (SSSR count). The summed E-state index contributed by atoms with van der Waals surface area (Å²) in [6.45, 7) is 1.70. The third-order valence-corrected chi connectivity index (χ3v) is 6.72. The van der Waals surface area contributed by atoms with Crippen molar-refractivity contribution in [3.05, 3.63) is 59.4 Å². The predicted molar refractivity (Wildman–Crippen MR) is 99.4 cm³/mol. The van der Waals surface area contributed by atoms with Crippen LogP contribution in [0, 0.1) is 12.7 Å². The lowest BCUT2D eigenvalue weighted by Gasteiger charge is -2.11. The normalized spacial score (nSPS) is 14.6. The molecule has 1 aliphatic rings. The van der Waals surface area contributed by atoms with Gasteiger partial charge in [0, 0.05) is 17.2 Å². The third-order valence-electron chi connectivity index (χ3n) is 3.62. The van der Waals surface area contributed by atoms with E-state index in [0.717, 1.165) is 5.56 Å². The summed E-state index contributed by atoms with van der Waals surface area (Å²) in [6.07, 6.45) is 0. The highest BCUT2D eigenvalue weighted by molar-refractivity contribution is 8.19. The number of nitrogens with one attached hydrogen (secondary N) is 1. The number of thioether (sulfide) groups is 2. The molecule has 0 radical (unpaired) electrons. The van der Waals surface area contributed by atoms with Crippen molar-refractivity contribution in [2.24, 2.45) is 0 Å². The highest BCUT2D eigenvalue weighted by Gasteiger charge is 2.18. The molecule has 2 aromatic carbocycles. The Bertz CT molecular complexity index is 715. The quantitative estimate of drug-likeness (QED) is 0.840. The Morgan fingerprint density at radius 2 is 1.92 bits per heavy atom. The molecule has 1 heterocycles. The molecule has 1 N–H and O–H groups in total. The first-order chi connectivity index (χ1) is 11.6. The van der Waals surface area contributed by atoms with Gasteiger partial charge in [-0.05, 0) is 42.3 Å². The molecule has 0 aromatic heterocycles. The van der Waals surface area contributed by atoms with Crippen molar-refractivity contribution in [1.29, 1.82) is 0 Å². The molecular formula is C18H18FNO2S2. The van der Waals surface area contributed by atoms with Crippen LogP contribution in [-0.4, -0.2) is 24.0 Å². The molecule has 2 aromatic rings. The fourth-order valence-electron chi connectivity index (χ4n) is 2.34. The molecule has 1 aliphatic heterocycles. The van der Waals surface area contributed by atoms with Crippen molar-refractivity contribution in [2.75, 3.05) is 23.4 Å². The van der Waals surface area contributed by atoms with Gasteiger partial charge in [-0.2, -0.15) is 0 Å². The third kappa shape index (κ3) is 4.45. The van der Waals surface area contributed by atoms with E-state index in [-0.39, 0.29) is 18.3 Å². The smallest absolute Gasteiger partial charge is 0.262 e. The summed E-state index contributed by atoms with van der Waals surface area (Å²) in [5.74, 6) is 2.34. The van der Waals surface area contributed by atoms with Crippen LogP contribution in [0.5, 0.6) is 5.75 Å². The molecule has 0 atom stereocenters. The van der Waals surface area contributed by atoms with Crippen LogP contribution >= 0.6 is 23.5 Å². The molecule has 0 bridgehead atoms. The number of carbonyl (C=O) groups is 1. The fourth-order valence-corrected chi connectivity index (χ4v) is 5.20. The number of rotatable bonds is 5. The molecule has 3 nitrogen and oxygen atoms in total. The first kappa shape index (κ1) is 17.2. The lowest BCUT2D eigenvalue weighted by atomic mass is 10.2. The number of amides is 1. The molecule has 0 saturated carbocycles. The van der Waals surface area contributed by atoms with Crippen molar-refractivity contribution in [3.8, 4) is 5.75 Å². The number of hydrogen-bond donors (Lipinski definition) is 1. The predicted octanol–water partition coefficient (Wildman–Crippen LogP) is 4.63. The van der Waals surface area contributed by atoms with Gasteiger partial charge in [-0.15, -0.1) is 23.5 Å². The lowest BCUT2D eigenvalue weighted by molar-refractivity contribution is -0.118. The Hall–Kier alpha value is -1.66. The zero-order valence-corrected chi connectivity index (χ0v) is 14.9. The van der Waals surface area contributed by atoms with Gasteiger partial charge in [-0.25, -0.2) is 4.39 Å². The van der Waals surface area contributed by atoms with Crippen LogP contribution < -0.4 is 10.1 Å². The molecule has 1 fully saturated rings. The zero-order valence-electron chi connectivity index (χ0n) is 13.3. The minimum atomic E-state index is -0.380. The van der Waals surface area contributed by atoms with Crippen LogP contribution in [0.4, 0.5) is 10.1 Å². The Kier molecular flexibility index (Phi) is 5.68. The summed E-state index contributed by atoms with van der Waals surface area (Å²) in [4.78, 5) is 12.0. The van der Waals surface area contributed by atoms with Crippen LogP contribution in [0.25, 0.3) is 0 Å². The summed E-state index contributed by atoms with van der Waals surface area (Å²) in [7, 11) is 0. The summed E-state index contributed by atoms with van der Waals surface area (Å²) in [5.41, 5.74) is 2.55. The van der Waals surface area contributed by atoms with Crippen molar-refractivity contribution >= 4 is 35.1 Å². The van der Waals surface area contributed by atoms with Crippen LogP contribution in [0.1, 0.15) is 15.7 Å². The van der Waals surface area contributed by atoms with E-state index >= 15 is 0 Å². The Balaban J connectivity index is 1.53. The van der Waals surface area contributed by atoms with Crippen molar-refractivity contribution in [3.63, 3.8) is 0 Å². The average Bonchev–Trinajstić information content (AvgIpc) is 3.11. The van der Waals surface area contributed by atoms with Gasteiger partial charge in [-0.1, -0.05) is 18.2 Å². The van der Waals surface area contributed by atoms with Crippen molar-refractivity contribution in [2.45, 2.75) is 11.5 Å². The number of anilines is 1. The number of carbonyl (C=O) groups excluding carboxylic acids is 1. The lowest BCUT2D eigenvalue weighted by Crippen LogP contribution is -2.20. The SMILES string of the molecule is Cc1ccc(F)cc1NC(=O)COc1ccc(C2SCCS2)cc1. The number of ether oxygens (including phenoxy) is 1. The maximum Gasteiger partial charge on any atom is 0.262 e. The minimum absolute atomic E-state index is 0.109. The van der Waals surface area contributed by atoms with Gasteiger partial charge >= 0.3 is 0 Å². The standard InChI is InChI=1S/C18H18FNO2S2/c1-12-2-5-14(19)10-16(12)20-17(21)11-22-15-6-3-13(4-7-15)18-23-8-9-24-18/h2-7,10,18H,8-9,11H2,1H3,(H,20,21). The van der Waals surface area contributed by atoms with Gasteiger partial charge in [0.05, 0.1) is 4.58 Å². The number of benzene rings is 2. The van der Waals surface area contributed by atoms with E-state index in [0.29, 0.717) is 16.0 Å². The molecule has 6 heteroatoms. The Morgan fingerprint density at radius 1 is 1.21 bits per heavy atom. The topological polar surface area (TPSA) is 38.3 Å². The molecule has 0 spiro atoms. The second kappa shape index (κ2) is 7.94. The van der Waals surface area contributed by atoms with Gasteiger partial charge < -0.3 is 10.1 Å². The van der Waals surface area contributed by atoms with Gasteiger partial charge in [-0.3, -0.25) is 4.79 Å². The van der Waals surface area contributed by atoms with Crippen LogP contribution in [0.15, 0.2) is 42.5 Å². The number of halogens is 1. The van der Waals surface area contributed by atoms with Gasteiger partial charge in [0.1, 0.15) is 11.6 Å². The van der Waals surface area contributed by atoms with E-state index in [4.69, 9.17) is 4.74 Å².